The van der Waals surface area contributed by atoms with Gasteiger partial charge < -0.3 is 5.11 Å². The van der Waals surface area contributed by atoms with Crippen LogP contribution in [0, 0.1) is 80.3 Å². The average molecular weight is 431 g/mol. The molecule has 4 fully saturated rings. The summed E-state index contributed by atoms with van der Waals surface area (Å²) < 4.78 is 0. The third kappa shape index (κ3) is 2.17. The highest BCUT2D eigenvalue weighted by Crippen LogP contribution is 2.85. The molecule has 0 amide bonds. The van der Waals surface area contributed by atoms with Crippen molar-refractivity contribution in [1.29, 1.82) is 0 Å². The van der Waals surface area contributed by atoms with Crippen LogP contribution in [0.5, 0.6) is 0 Å². The summed E-state index contributed by atoms with van der Waals surface area (Å²) >= 11 is 0. The number of aliphatic hydroxyl groups is 1. The lowest BCUT2D eigenvalue weighted by molar-refractivity contribution is -0.330. The van der Waals surface area contributed by atoms with E-state index in [0.717, 1.165) is 36.5 Å². The molecule has 31 heavy (non-hydrogen) atoms. The van der Waals surface area contributed by atoms with Crippen LogP contribution in [0.4, 0.5) is 0 Å². The van der Waals surface area contributed by atoms with E-state index in [1.54, 1.807) is 0 Å². The van der Waals surface area contributed by atoms with Crippen molar-refractivity contribution in [2.24, 2.45) is 80.3 Å². The number of aliphatic hydroxyl groups excluding tert-OH is 1. The second kappa shape index (κ2) is 6.55. The van der Waals surface area contributed by atoms with Gasteiger partial charge in [0.1, 0.15) is 0 Å². The van der Waals surface area contributed by atoms with E-state index in [1.807, 2.05) is 0 Å². The van der Waals surface area contributed by atoms with E-state index in [-0.39, 0.29) is 16.9 Å². The molecule has 15 atom stereocenters. The van der Waals surface area contributed by atoms with Crippen LogP contribution in [-0.2, 0) is 0 Å². The quantitative estimate of drug-likeness (QED) is 0.414. The first-order valence-corrected chi connectivity index (χ1v) is 13.7. The highest BCUT2D eigenvalue weighted by molar-refractivity contribution is 5.27. The maximum Gasteiger partial charge on any atom is 0.0548 e. The van der Waals surface area contributed by atoms with Gasteiger partial charge in [0.25, 0.3) is 0 Å². The number of hydrogen-bond acceptors (Lipinski definition) is 1. The average Bonchev–Trinajstić information content (AvgIpc) is 2.83. The van der Waals surface area contributed by atoms with Crippen LogP contribution in [0.25, 0.3) is 0 Å². The van der Waals surface area contributed by atoms with Crippen molar-refractivity contribution in [3.05, 3.63) is 0 Å². The molecule has 180 valence electrons. The molecule has 0 saturated heterocycles. The van der Waals surface area contributed by atoms with Gasteiger partial charge in [-0.1, -0.05) is 90.0 Å². The van der Waals surface area contributed by atoms with Crippen molar-refractivity contribution >= 4 is 0 Å². The lowest BCUT2D eigenvalue weighted by Crippen LogP contribution is -2.75. The van der Waals surface area contributed by atoms with E-state index in [2.05, 4.69) is 90.0 Å². The van der Waals surface area contributed by atoms with E-state index < -0.39 is 0 Å². The smallest absolute Gasteiger partial charge is 0.0548 e. The molecule has 15 unspecified atom stereocenters. The molecular weight excluding hydrogens is 376 g/mol. The zero-order chi connectivity index (χ0) is 23.7. The fraction of sp³-hybridized carbons (Fsp3) is 1.00. The summed E-state index contributed by atoms with van der Waals surface area (Å²) in [7, 11) is 0. The minimum atomic E-state index is -0.130. The first kappa shape index (κ1) is 24.1. The highest BCUT2D eigenvalue weighted by atomic mass is 16.3. The Kier molecular flexibility index (Phi) is 5.09. The van der Waals surface area contributed by atoms with Crippen LogP contribution in [0.1, 0.15) is 103 Å². The molecule has 0 spiro atoms. The third-order valence-electron chi connectivity index (χ3n) is 15.5. The number of fused-ring (bicyclic) bond motifs is 5. The van der Waals surface area contributed by atoms with Gasteiger partial charge in [-0.25, -0.2) is 0 Å². The SMILES string of the molecule is CC1C(C)C2(C)C(C)C(C)C(C)C2(C)C2(C)C(C)C(C)C3(C)CC(O)CC(C)C3(C)C12. The van der Waals surface area contributed by atoms with Gasteiger partial charge in [0.15, 0.2) is 0 Å². The van der Waals surface area contributed by atoms with E-state index in [0.29, 0.717) is 45.8 Å². The summed E-state index contributed by atoms with van der Waals surface area (Å²) in [5, 5.41) is 10.9. The Labute approximate surface area is 194 Å². The van der Waals surface area contributed by atoms with Gasteiger partial charge in [0, 0.05) is 0 Å². The standard InChI is InChI=1S/C30H54O/c1-16-14-24(31)15-26(9)22(7)23(8)29(12)25(27(16,26)10)18(3)20(5)28(11)19(4)17(2)21(6)30(28,29)13/h16-25,31H,14-15H2,1-13H3. The molecule has 0 radical (unpaired) electrons. The zero-order valence-corrected chi connectivity index (χ0v) is 23.1. The maximum absolute atomic E-state index is 10.9. The second-order valence-electron chi connectivity index (χ2n) is 14.6. The zero-order valence-electron chi connectivity index (χ0n) is 23.1. The Balaban J connectivity index is 2.04. The van der Waals surface area contributed by atoms with Crippen molar-refractivity contribution in [3.63, 3.8) is 0 Å². The van der Waals surface area contributed by atoms with Crippen LogP contribution in [0.3, 0.4) is 0 Å². The molecule has 4 rings (SSSR count). The summed E-state index contributed by atoms with van der Waals surface area (Å²) in [5.74, 6) is 6.25. The molecule has 0 bridgehead atoms. The van der Waals surface area contributed by atoms with Crippen molar-refractivity contribution in [2.45, 2.75) is 109 Å². The van der Waals surface area contributed by atoms with Gasteiger partial charge >= 0.3 is 0 Å². The van der Waals surface area contributed by atoms with Crippen molar-refractivity contribution < 1.29 is 5.11 Å². The molecule has 0 aromatic carbocycles. The van der Waals surface area contributed by atoms with Gasteiger partial charge in [0.05, 0.1) is 6.10 Å². The van der Waals surface area contributed by atoms with Crippen molar-refractivity contribution in [1.82, 2.24) is 0 Å². The molecule has 0 aliphatic heterocycles. The molecular formula is C30H54O. The minimum Gasteiger partial charge on any atom is -0.393 e. The lowest BCUT2D eigenvalue weighted by atomic mass is 9.24. The predicted molar refractivity (Wildman–Crippen MR) is 133 cm³/mol. The lowest BCUT2D eigenvalue weighted by Gasteiger charge is -2.80. The summed E-state index contributed by atoms with van der Waals surface area (Å²) in [6.45, 7) is 34.1. The predicted octanol–water partition coefficient (Wildman–Crippen LogP) is 7.92. The minimum absolute atomic E-state index is 0.130. The first-order valence-electron chi connectivity index (χ1n) is 13.7. The van der Waals surface area contributed by atoms with Gasteiger partial charge in [-0.05, 0) is 93.2 Å². The molecule has 4 aliphatic carbocycles. The highest BCUT2D eigenvalue weighted by Gasteiger charge is 2.80. The van der Waals surface area contributed by atoms with Gasteiger partial charge in [-0.2, -0.15) is 0 Å². The molecule has 0 aromatic rings. The third-order valence-corrected chi connectivity index (χ3v) is 15.5. The fourth-order valence-electron chi connectivity index (χ4n) is 12.5. The van der Waals surface area contributed by atoms with Crippen LogP contribution >= 0.6 is 0 Å². The summed E-state index contributed by atoms with van der Waals surface area (Å²) in [6, 6.07) is 0. The van der Waals surface area contributed by atoms with E-state index in [9.17, 15) is 5.11 Å². The Hall–Kier alpha value is -0.0400. The van der Waals surface area contributed by atoms with Gasteiger partial charge in [-0.15, -0.1) is 0 Å². The van der Waals surface area contributed by atoms with Gasteiger partial charge in [0.2, 0.25) is 0 Å². The molecule has 4 saturated carbocycles. The van der Waals surface area contributed by atoms with Gasteiger partial charge in [-0.3, -0.25) is 0 Å². The summed E-state index contributed by atoms with van der Waals surface area (Å²) in [6.07, 6.45) is 1.84. The monoisotopic (exact) mass is 430 g/mol. The van der Waals surface area contributed by atoms with Crippen molar-refractivity contribution in [2.75, 3.05) is 0 Å². The van der Waals surface area contributed by atoms with Crippen LogP contribution in [0.2, 0.25) is 0 Å². The van der Waals surface area contributed by atoms with E-state index in [1.165, 1.54) is 0 Å². The first-order chi connectivity index (χ1) is 14.0. The molecule has 4 aliphatic rings. The largest absolute Gasteiger partial charge is 0.393 e. The Bertz CT molecular complexity index is 745. The normalized spacial score (nSPS) is 68.7. The molecule has 1 N–H and O–H groups in total. The molecule has 0 heterocycles. The number of hydrogen-bond donors (Lipinski definition) is 1. The topological polar surface area (TPSA) is 20.2 Å². The molecule has 0 aromatic heterocycles. The maximum atomic E-state index is 10.9. The number of rotatable bonds is 0. The second-order valence-corrected chi connectivity index (χ2v) is 14.6. The Morgan fingerprint density at radius 1 is 0.581 bits per heavy atom. The van der Waals surface area contributed by atoms with Crippen molar-refractivity contribution in [3.8, 4) is 0 Å². The van der Waals surface area contributed by atoms with Crippen LogP contribution in [0.15, 0.2) is 0 Å². The summed E-state index contributed by atoms with van der Waals surface area (Å²) in [4.78, 5) is 0. The fourth-order valence-corrected chi connectivity index (χ4v) is 12.5. The van der Waals surface area contributed by atoms with Crippen LogP contribution in [-0.4, -0.2) is 11.2 Å². The van der Waals surface area contributed by atoms with E-state index >= 15 is 0 Å². The van der Waals surface area contributed by atoms with E-state index in [4.69, 9.17) is 0 Å². The Morgan fingerprint density at radius 3 is 1.65 bits per heavy atom. The van der Waals surface area contributed by atoms with Crippen LogP contribution < -0.4 is 0 Å². The molecule has 1 nitrogen and oxygen atoms in total. The molecule has 1 heteroatoms. The Morgan fingerprint density at radius 2 is 1.10 bits per heavy atom. The summed E-state index contributed by atoms with van der Waals surface area (Å²) in [5.41, 5.74) is 1.45.